The van der Waals surface area contributed by atoms with Crippen LogP contribution in [0.1, 0.15) is 18.4 Å². The number of rotatable bonds is 6. The van der Waals surface area contributed by atoms with Crippen molar-refractivity contribution >= 4 is 0 Å². The lowest BCUT2D eigenvalue weighted by molar-refractivity contribution is 0.0446. The summed E-state index contributed by atoms with van der Waals surface area (Å²) in [6, 6.07) is 9.88. The van der Waals surface area contributed by atoms with Crippen molar-refractivity contribution < 1.29 is 9.84 Å². The molecule has 1 aliphatic carbocycles. The Bertz CT molecular complexity index is 514. The highest BCUT2D eigenvalue weighted by atomic mass is 16.5. The van der Waals surface area contributed by atoms with Crippen LogP contribution in [0.15, 0.2) is 24.3 Å². The predicted octanol–water partition coefficient (Wildman–Crippen LogP) is 1.08. The van der Waals surface area contributed by atoms with Gasteiger partial charge in [-0.2, -0.15) is 5.26 Å². The van der Waals surface area contributed by atoms with Crippen LogP contribution in [-0.2, 0) is 0 Å². The van der Waals surface area contributed by atoms with Gasteiger partial charge in [-0.1, -0.05) is 0 Å². The first-order valence-corrected chi connectivity index (χ1v) is 8.02. The van der Waals surface area contributed by atoms with E-state index in [2.05, 4.69) is 15.9 Å². The summed E-state index contributed by atoms with van der Waals surface area (Å²) < 4.78 is 5.58. The molecule has 1 unspecified atom stereocenters. The maximum atomic E-state index is 10.1. The van der Waals surface area contributed by atoms with Crippen molar-refractivity contribution in [3.05, 3.63) is 29.8 Å². The molecule has 0 aromatic heterocycles. The zero-order valence-electron chi connectivity index (χ0n) is 12.8. The van der Waals surface area contributed by atoms with Gasteiger partial charge in [-0.05, 0) is 37.1 Å². The van der Waals surface area contributed by atoms with Gasteiger partial charge >= 0.3 is 0 Å². The molecule has 1 atom stereocenters. The molecule has 1 aliphatic heterocycles. The minimum absolute atomic E-state index is 0.286. The Morgan fingerprint density at radius 1 is 1.18 bits per heavy atom. The predicted molar refractivity (Wildman–Crippen MR) is 83.7 cm³/mol. The van der Waals surface area contributed by atoms with Crippen molar-refractivity contribution in [2.75, 3.05) is 39.3 Å². The molecule has 1 aromatic carbocycles. The monoisotopic (exact) mass is 301 g/mol. The molecular formula is C17H23N3O2. The zero-order chi connectivity index (χ0) is 15.4. The standard InChI is InChI=1S/C17H23N3O2/c18-11-14-1-5-17(6-2-14)22-13-16(21)12-19-7-9-20(10-8-19)15-3-4-15/h1-2,5-6,15-16,21H,3-4,7-10,12-13H2. The third-order valence-electron chi connectivity index (χ3n) is 4.36. The molecule has 3 rings (SSSR count). The molecule has 22 heavy (non-hydrogen) atoms. The fraction of sp³-hybridized carbons (Fsp3) is 0.588. The molecule has 2 fully saturated rings. The molecule has 2 aliphatic rings. The quantitative estimate of drug-likeness (QED) is 0.852. The Kier molecular flexibility index (Phi) is 4.94. The number of nitrogens with zero attached hydrogens (tertiary/aromatic N) is 3. The van der Waals surface area contributed by atoms with Crippen LogP contribution in [-0.4, -0.2) is 66.4 Å². The van der Waals surface area contributed by atoms with Crippen molar-refractivity contribution in [2.24, 2.45) is 0 Å². The van der Waals surface area contributed by atoms with Crippen LogP contribution in [0.5, 0.6) is 5.75 Å². The lowest BCUT2D eigenvalue weighted by atomic mass is 10.2. The second-order valence-corrected chi connectivity index (χ2v) is 6.17. The highest BCUT2D eigenvalue weighted by molar-refractivity contribution is 5.34. The largest absolute Gasteiger partial charge is 0.491 e. The smallest absolute Gasteiger partial charge is 0.119 e. The van der Waals surface area contributed by atoms with Crippen LogP contribution in [0.25, 0.3) is 0 Å². The van der Waals surface area contributed by atoms with Gasteiger partial charge < -0.3 is 9.84 Å². The van der Waals surface area contributed by atoms with E-state index in [9.17, 15) is 5.11 Å². The first kappa shape index (κ1) is 15.3. The molecule has 1 aromatic rings. The molecule has 5 nitrogen and oxygen atoms in total. The Labute approximate surface area is 131 Å². The third kappa shape index (κ3) is 4.20. The first-order valence-electron chi connectivity index (χ1n) is 8.02. The minimum atomic E-state index is -0.483. The van der Waals surface area contributed by atoms with Gasteiger partial charge in [-0.3, -0.25) is 9.80 Å². The van der Waals surface area contributed by atoms with Gasteiger partial charge in [0, 0.05) is 38.8 Å². The number of aliphatic hydroxyl groups is 1. The van der Waals surface area contributed by atoms with Crippen molar-refractivity contribution in [3.8, 4) is 11.8 Å². The topological polar surface area (TPSA) is 59.7 Å². The molecule has 0 radical (unpaired) electrons. The van der Waals surface area contributed by atoms with E-state index in [-0.39, 0.29) is 6.61 Å². The number of hydrogen-bond acceptors (Lipinski definition) is 5. The summed E-state index contributed by atoms with van der Waals surface area (Å²) in [6.45, 7) is 5.25. The van der Waals surface area contributed by atoms with Crippen molar-refractivity contribution in [1.29, 1.82) is 5.26 Å². The van der Waals surface area contributed by atoms with Crippen LogP contribution >= 0.6 is 0 Å². The van der Waals surface area contributed by atoms with Crippen molar-refractivity contribution in [1.82, 2.24) is 9.80 Å². The second kappa shape index (κ2) is 7.10. The molecule has 1 heterocycles. The van der Waals surface area contributed by atoms with Crippen LogP contribution in [0, 0.1) is 11.3 Å². The molecule has 118 valence electrons. The number of piperazine rings is 1. The summed E-state index contributed by atoms with van der Waals surface area (Å²) >= 11 is 0. The van der Waals surface area contributed by atoms with Crippen molar-refractivity contribution in [2.45, 2.75) is 25.0 Å². The number of nitriles is 1. The molecule has 0 amide bonds. The van der Waals surface area contributed by atoms with Crippen LogP contribution < -0.4 is 4.74 Å². The second-order valence-electron chi connectivity index (χ2n) is 6.17. The average Bonchev–Trinajstić information content (AvgIpc) is 3.39. The SMILES string of the molecule is N#Cc1ccc(OCC(O)CN2CCN(C3CC3)CC2)cc1. The number of hydrogen-bond donors (Lipinski definition) is 1. The maximum absolute atomic E-state index is 10.1. The Morgan fingerprint density at radius 2 is 1.86 bits per heavy atom. The third-order valence-corrected chi connectivity index (χ3v) is 4.36. The summed E-state index contributed by atoms with van der Waals surface area (Å²) in [5.74, 6) is 0.691. The van der Waals surface area contributed by atoms with Gasteiger partial charge in [0.1, 0.15) is 18.5 Å². The van der Waals surface area contributed by atoms with Gasteiger partial charge in [0.2, 0.25) is 0 Å². The van der Waals surface area contributed by atoms with E-state index < -0.39 is 6.10 Å². The summed E-state index contributed by atoms with van der Waals surface area (Å²) in [5.41, 5.74) is 0.612. The lowest BCUT2D eigenvalue weighted by Crippen LogP contribution is -2.49. The average molecular weight is 301 g/mol. The van der Waals surface area contributed by atoms with E-state index in [0.29, 0.717) is 17.9 Å². The Balaban J connectivity index is 1.37. The summed E-state index contributed by atoms with van der Waals surface area (Å²) in [4.78, 5) is 4.88. The van der Waals surface area contributed by atoms with E-state index in [4.69, 9.17) is 10.00 Å². The molecule has 0 bridgehead atoms. The zero-order valence-corrected chi connectivity index (χ0v) is 12.8. The molecule has 1 saturated carbocycles. The molecular weight excluding hydrogens is 278 g/mol. The molecule has 5 heteroatoms. The summed E-state index contributed by atoms with van der Waals surface area (Å²) in [6.07, 6.45) is 2.24. The van der Waals surface area contributed by atoms with Crippen LogP contribution in [0.2, 0.25) is 0 Å². The highest BCUT2D eigenvalue weighted by Gasteiger charge is 2.31. The summed E-state index contributed by atoms with van der Waals surface area (Å²) in [7, 11) is 0. The Morgan fingerprint density at radius 3 is 2.45 bits per heavy atom. The van der Waals surface area contributed by atoms with E-state index in [1.807, 2.05) is 0 Å². The normalized spacial score (nSPS) is 21.3. The molecule has 1 saturated heterocycles. The van der Waals surface area contributed by atoms with E-state index >= 15 is 0 Å². The Hall–Kier alpha value is -1.61. The van der Waals surface area contributed by atoms with E-state index in [0.717, 1.165) is 32.2 Å². The summed E-state index contributed by atoms with van der Waals surface area (Å²) in [5, 5.41) is 18.9. The lowest BCUT2D eigenvalue weighted by Gasteiger charge is -2.35. The van der Waals surface area contributed by atoms with Gasteiger partial charge in [-0.25, -0.2) is 0 Å². The minimum Gasteiger partial charge on any atom is -0.491 e. The van der Waals surface area contributed by atoms with Crippen molar-refractivity contribution in [3.63, 3.8) is 0 Å². The molecule has 1 N–H and O–H groups in total. The fourth-order valence-electron chi connectivity index (χ4n) is 2.92. The number of β-amino-alcohol motifs (C(OH)–C–C–N with tert-alkyl or cyclic N) is 1. The first-order chi connectivity index (χ1) is 10.7. The van der Waals surface area contributed by atoms with Gasteiger partial charge in [0.25, 0.3) is 0 Å². The highest BCUT2D eigenvalue weighted by Crippen LogP contribution is 2.27. The van der Waals surface area contributed by atoms with Crippen LogP contribution in [0.3, 0.4) is 0 Å². The molecule has 0 spiro atoms. The maximum Gasteiger partial charge on any atom is 0.119 e. The number of aliphatic hydroxyl groups excluding tert-OH is 1. The number of benzene rings is 1. The number of ether oxygens (including phenoxy) is 1. The van der Waals surface area contributed by atoms with Gasteiger partial charge in [0.05, 0.1) is 11.6 Å². The van der Waals surface area contributed by atoms with E-state index in [1.54, 1.807) is 24.3 Å². The van der Waals surface area contributed by atoms with E-state index in [1.165, 1.54) is 12.8 Å². The fourth-order valence-corrected chi connectivity index (χ4v) is 2.92. The van der Waals surface area contributed by atoms with Gasteiger partial charge in [0.15, 0.2) is 0 Å². The van der Waals surface area contributed by atoms with Crippen LogP contribution in [0.4, 0.5) is 0 Å². The van der Waals surface area contributed by atoms with Gasteiger partial charge in [-0.15, -0.1) is 0 Å².